The molecule has 1 fully saturated rings. The van der Waals surface area contributed by atoms with Gasteiger partial charge in [0.1, 0.15) is 5.82 Å². The van der Waals surface area contributed by atoms with Crippen LogP contribution in [0, 0.1) is 11.9 Å². The van der Waals surface area contributed by atoms with Gasteiger partial charge in [0.2, 0.25) is 0 Å². The van der Waals surface area contributed by atoms with Crippen LogP contribution in [0.15, 0.2) is 36.7 Å². The summed E-state index contributed by atoms with van der Waals surface area (Å²) in [6, 6.07) is 10.5. The van der Waals surface area contributed by atoms with E-state index in [1.807, 2.05) is 12.1 Å². The van der Waals surface area contributed by atoms with Crippen molar-refractivity contribution in [1.82, 2.24) is 4.98 Å². The lowest BCUT2D eigenvalue weighted by Crippen LogP contribution is -2.36. The van der Waals surface area contributed by atoms with Crippen molar-refractivity contribution in [2.45, 2.75) is 0 Å². The highest BCUT2D eigenvalue weighted by Crippen LogP contribution is 2.26. The molecule has 19 heavy (non-hydrogen) atoms. The summed E-state index contributed by atoms with van der Waals surface area (Å²) in [6.07, 6.45) is 2.83. The van der Waals surface area contributed by atoms with Crippen LogP contribution in [0.2, 0.25) is 0 Å². The Morgan fingerprint density at radius 1 is 1.26 bits per heavy atom. The Balaban J connectivity index is 1.93. The van der Waals surface area contributed by atoms with Crippen LogP contribution in [0.4, 0.5) is 10.1 Å². The molecule has 3 nitrogen and oxygen atoms in total. The maximum Gasteiger partial charge on any atom is 0.149 e. The van der Waals surface area contributed by atoms with Crippen molar-refractivity contribution < 1.29 is 9.13 Å². The molecule has 0 bridgehead atoms. The van der Waals surface area contributed by atoms with Crippen molar-refractivity contribution in [3.8, 4) is 11.1 Å². The van der Waals surface area contributed by atoms with Crippen LogP contribution in [0.25, 0.3) is 11.1 Å². The van der Waals surface area contributed by atoms with Crippen LogP contribution < -0.4 is 4.90 Å². The Morgan fingerprint density at radius 3 is 2.89 bits per heavy atom. The molecule has 0 atom stereocenters. The van der Waals surface area contributed by atoms with Gasteiger partial charge in [0.15, 0.2) is 0 Å². The summed E-state index contributed by atoms with van der Waals surface area (Å²) in [6.45, 7) is 3.17. The highest BCUT2D eigenvalue weighted by atomic mass is 19.1. The predicted molar refractivity (Wildman–Crippen MR) is 71.5 cm³/mol. The first-order valence-corrected chi connectivity index (χ1v) is 6.28. The molecule has 0 unspecified atom stereocenters. The van der Waals surface area contributed by atoms with Gasteiger partial charge in [0.05, 0.1) is 19.4 Å². The van der Waals surface area contributed by atoms with Gasteiger partial charge in [-0.3, -0.25) is 4.98 Å². The molecule has 0 N–H and O–H groups in total. The zero-order chi connectivity index (χ0) is 13.1. The van der Waals surface area contributed by atoms with Crippen molar-refractivity contribution in [3.63, 3.8) is 0 Å². The Morgan fingerprint density at radius 2 is 2.11 bits per heavy atom. The molecule has 1 aromatic carbocycles. The Bertz CT molecular complexity index is 568. The number of morpholine rings is 1. The van der Waals surface area contributed by atoms with Crippen molar-refractivity contribution in [2.75, 3.05) is 31.2 Å². The van der Waals surface area contributed by atoms with Crippen molar-refractivity contribution in [1.29, 1.82) is 0 Å². The Kier molecular flexibility index (Phi) is 3.42. The molecule has 1 saturated heterocycles. The molecule has 0 saturated carbocycles. The van der Waals surface area contributed by atoms with Gasteiger partial charge in [-0.2, -0.15) is 0 Å². The fourth-order valence-electron chi connectivity index (χ4n) is 2.23. The molecular weight excluding hydrogens is 243 g/mol. The summed E-state index contributed by atoms with van der Waals surface area (Å²) in [5.74, 6) is -0.310. The van der Waals surface area contributed by atoms with Gasteiger partial charge in [0.25, 0.3) is 0 Å². The van der Waals surface area contributed by atoms with Gasteiger partial charge in [-0.15, -0.1) is 0 Å². The molecular formula is C15H14FN2O. The van der Waals surface area contributed by atoms with Crippen LogP contribution in [0.5, 0.6) is 0 Å². The van der Waals surface area contributed by atoms with Gasteiger partial charge in [-0.25, -0.2) is 4.39 Å². The quantitative estimate of drug-likeness (QED) is 0.826. The minimum Gasteiger partial charge on any atom is -0.378 e. The average molecular weight is 257 g/mol. The van der Waals surface area contributed by atoms with Crippen LogP contribution in [0.1, 0.15) is 0 Å². The maximum atomic E-state index is 13.7. The molecule has 0 amide bonds. The van der Waals surface area contributed by atoms with Crippen LogP contribution in [-0.4, -0.2) is 31.3 Å². The van der Waals surface area contributed by atoms with Crippen LogP contribution in [0.3, 0.4) is 0 Å². The number of halogens is 1. The lowest BCUT2D eigenvalue weighted by Gasteiger charge is -2.29. The predicted octanol–water partition coefficient (Wildman–Crippen LogP) is 2.52. The fourth-order valence-corrected chi connectivity index (χ4v) is 2.23. The van der Waals surface area contributed by atoms with E-state index in [4.69, 9.17) is 4.74 Å². The topological polar surface area (TPSA) is 25.4 Å². The van der Waals surface area contributed by atoms with E-state index in [-0.39, 0.29) is 5.82 Å². The number of rotatable bonds is 2. The van der Waals surface area contributed by atoms with Gasteiger partial charge in [-0.1, -0.05) is 0 Å². The van der Waals surface area contributed by atoms with Gasteiger partial charge in [-0.05, 0) is 35.9 Å². The second-order valence-electron chi connectivity index (χ2n) is 4.43. The van der Waals surface area contributed by atoms with Crippen LogP contribution in [-0.2, 0) is 4.74 Å². The summed E-state index contributed by atoms with van der Waals surface area (Å²) >= 11 is 0. The van der Waals surface area contributed by atoms with Gasteiger partial charge >= 0.3 is 0 Å². The van der Waals surface area contributed by atoms with Crippen molar-refractivity contribution >= 4 is 5.69 Å². The summed E-state index contributed by atoms with van der Waals surface area (Å²) in [5, 5.41) is 0. The third-order valence-corrected chi connectivity index (χ3v) is 3.23. The zero-order valence-corrected chi connectivity index (χ0v) is 10.5. The normalized spacial score (nSPS) is 15.5. The van der Waals surface area contributed by atoms with Crippen LogP contribution >= 0.6 is 0 Å². The average Bonchev–Trinajstić information content (AvgIpc) is 2.49. The lowest BCUT2D eigenvalue weighted by molar-refractivity contribution is 0.122. The lowest BCUT2D eigenvalue weighted by atomic mass is 10.1. The van der Waals surface area contributed by atoms with Crippen molar-refractivity contribution in [3.05, 3.63) is 48.5 Å². The van der Waals surface area contributed by atoms with E-state index in [2.05, 4.69) is 16.0 Å². The first-order chi connectivity index (χ1) is 9.34. The third kappa shape index (κ3) is 2.58. The number of benzene rings is 1. The molecule has 0 spiro atoms. The molecule has 0 aliphatic carbocycles. The highest BCUT2D eigenvalue weighted by molar-refractivity contribution is 5.68. The number of anilines is 1. The third-order valence-electron chi connectivity index (χ3n) is 3.23. The monoisotopic (exact) mass is 257 g/mol. The van der Waals surface area contributed by atoms with E-state index < -0.39 is 0 Å². The summed E-state index contributed by atoms with van der Waals surface area (Å²) < 4.78 is 19.1. The smallest absolute Gasteiger partial charge is 0.149 e. The highest BCUT2D eigenvalue weighted by Gasteiger charge is 2.12. The second kappa shape index (κ2) is 5.36. The zero-order valence-electron chi connectivity index (χ0n) is 10.5. The molecule has 2 heterocycles. The second-order valence-corrected chi connectivity index (χ2v) is 4.43. The minimum absolute atomic E-state index is 0.310. The molecule has 2 aromatic rings. The summed E-state index contributed by atoms with van der Waals surface area (Å²) in [5.41, 5.74) is 2.43. The number of hydrogen-bond acceptors (Lipinski definition) is 3. The largest absolute Gasteiger partial charge is 0.378 e. The first-order valence-electron chi connectivity index (χ1n) is 6.28. The molecule has 4 heteroatoms. The van der Waals surface area contributed by atoms with Gasteiger partial charge < -0.3 is 9.64 Å². The summed E-state index contributed by atoms with van der Waals surface area (Å²) in [4.78, 5) is 6.00. The number of ether oxygens (including phenoxy) is 1. The number of nitrogens with zero attached hydrogens (tertiary/aromatic N) is 2. The number of hydrogen-bond donors (Lipinski definition) is 0. The van der Waals surface area contributed by atoms with E-state index in [1.165, 1.54) is 6.20 Å². The minimum atomic E-state index is -0.310. The van der Waals surface area contributed by atoms with E-state index in [0.29, 0.717) is 5.56 Å². The molecule has 1 aromatic heterocycles. The van der Waals surface area contributed by atoms with E-state index in [0.717, 1.165) is 37.6 Å². The molecule has 1 aliphatic heterocycles. The molecule has 3 rings (SSSR count). The van der Waals surface area contributed by atoms with Gasteiger partial charge in [0, 0.05) is 30.5 Å². The van der Waals surface area contributed by atoms with E-state index >= 15 is 0 Å². The first kappa shape index (κ1) is 12.1. The van der Waals surface area contributed by atoms with E-state index in [9.17, 15) is 4.39 Å². The SMILES string of the molecule is Fc1cnccc1-c1c[c]cc(N2CCOCC2)c1. The summed E-state index contributed by atoms with van der Waals surface area (Å²) in [7, 11) is 0. The fraction of sp³-hybridized carbons (Fsp3) is 0.267. The molecule has 1 aliphatic rings. The Labute approximate surface area is 111 Å². The molecule has 1 radical (unpaired) electrons. The molecule has 97 valence electrons. The van der Waals surface area contributed by atoms with E-state index in [1.54, 1.807) is 18.3 Å². The maximum absolute atomic E-state index is 13.7. The Hall–Kier alpha value is -1.94. The standard InChI is InChI=1S/C15H14FN2O/c16-15-11-17-5-4-14(15)12-2-1-3-13(10-12)18-6-8-19-9-7-18/h2-5,10-11H,6-9H2. The number of aromatic nitrogens is 1. The number of pyridine rings is 1. The van der Waals surface area contributed by atoms with Crippen molar-refractivity contribution in [2.24, 2.45) is 0 Å².